The Morgan fingerprint density at radius 3 is 2.56 bits per heavy atom. The Morgan fingerprint density at radius 1 is 1.14 bits per heavy atom. The zero-order valence-electron chi connectivity index (χ0n) is 21.2. The Kier molecular flexibility index (Phi) is 6.43. The number of benzene rings is 2. The Labute approximate surface area is 212 Å². The van der Waals surface area contributed by atoms with Gasteiger partial charge in [-0.05, 0) is 61.9 Å². The van der Waals surface area contributed by atoms with Gasteiger partial charge in [0.05, 0.1) is 36.4 Å². The van der Waals surface area contributed by atoms with Gasteiger partial charge in [-0.25, -0.2) is 17.2 Å². The van der Waals surface area contributed by atoms with E-state index in [0.717, 1.165) is 53.7 Å². The third-order valence-electron chi connectivity index (χ3n) is 7.64. The highest BCUT2D eigenvalue weighted by atomic mass is 32.2. The molecule has 7 nitrogen and oxygen atoms in total. The van der Waals surface area contributed by atoms with Crippen LogP contribution in [0.25, 0.3) is 10.9 Å². The van der Waals surface area contributed by atoms with E-state index >= 15 is 0 Å². The van der Waals surface area contributed by atoms with Gasteiger partial charge in [0.15, 0.2) is 0 Å². The average molecular weight is 509 g/mol. The molecule has 5 rings (SSSR count). The molecule has 1 unspecified atom stereocenters. The SMILES string of the molecule is CCC1CN2CCc3c(n(S(=O)(=O)c4ccc(C)cc4)c4cccc(OC)c34)[C@@H]2CC1=CC(=O)OC. The summed E-state index contributed by atoms with van der Waals surface area (Å²) in [6.07, 6.45) is 3.80. The van der Waals surface area contributed by atoms with Crippen LogP contribution in [0.3, 0.4) is 0 Å². The molecule has 2 aliphatic rings. The van der Waals surface area contributed by atoms with E-state index < -0.39 is 10.0 Å². The maximum atomic E-state index is 14.2. The van der Waals surface area contributed by atoms with Crippen LogP contribution in [0.5, 0.6) is 5.75 Å². The fraction of sp³-hybridized carbons (Fsp3) is 0.393. The molecule has 0 amide bonds. The summed E-state index contributed by atoms with van der Waals surface area (Å²) in [6.45, 7) is 5.65. The summed E-state index contributed by atoms with van der Waals surface area (Å²) in [5.74, 6) is 0.521. The van der Waals surface area contributed by atoms with Crippen molar-refractivity contribution in [3.8, 4) is 5.75 Å². The number of hydrogen-bond acceptors (Lipinski definition) is 6. The molecule has 1 fully saturated rings. The molecular formula is C28H32N2O5S. The highest BCUT2D eigenvalue weighted by Gasteiger charge is 2.41. The molecule has 0 spiro atoms. The minimum absolute atomic E-state index is 0.176. The molecular weight excluding hydrogens is 476 g/mol. The van der Waals surface area contributed by atoms with Crippen molar-refractivity contribution in [2.75, 3.05) is 27.3 Å². The third kappa shape index (κ3) is 3.92. The third-order valence-corrected chi connectivity index (χ3v) is 9.38. The lowest BCUT2D eigenvalue weighted by atomic mass is 9.81. The predicted molar refractivity (Wildman–Crippen MR) is 139 cm³/mol. The van der Waals surface area contributed by atoms with E-state index in [9.17, 15) is 13.2 Å². The summed E-state index contributed by atoms with van der Waals surface area (Å²) in [7, 11) is -0.899. The van der Waals surface area contributed by atoms with Gasteiger partial charge in [0.25, 0.3) is 10.0 Å². The molecule has 2 atom stereocenters. The number of ether oxygens (including phenoxy) is 2. The van der Waals surface area contributed by atoms with Gasteiger partial charge >= 0.3 is 5.97 Å². The van der Waals surface area contributed by atoms with Crippen molar-refractivity contribution >= 4 is 26.9 Å². The molecule has 1 saturated heterocycles. The normalized spacial score (nSPS) is 21.3. The fourth-order valence-electron chi connectivity index (χ4n) is 5.80. The number of carbonyl (C=O) groups excluding carboxylic acids is 1. The van der Waals surface area contributed by atoms with Crippen LogP contribution in [0.15, 0.2) is 59.0 Å². The smallest absolute Gasteiger partial charge is 0.330 e. The van der Waals surface area contributed by atoms with Gasteiger partial charge in [-0.1, -0.05) is 36.3 Å². The Hall–Kier alpha value is -3.10. The second kappa shape index (κ2) is 9.41. The van der Waals surface area contributed by atoms with Gasteiger partial charge in [0.2, 0.25) is 0 Å². The maximum Gasteiger partial charge on any atom is 0.330 e. The minimum Gasteiger partial charge on any atom is -0.496 e. The number of hydrogen-bond donors (Lipinski definition) is 0. The number of nitrogens with zero attached hydrogens (tertiary/aromatic N) is 2. The topological polar surface area (TPSA) is 77.8 Å². The Balaban J connectivity index is 1.77. The summed E-state index contributed by atoms with van der Waals surface area (Å²) in [4.78, 5) is 14.8. The molecule has 190 valence electrons. The van der Waals surface area contributed by atoms with E-state index in [1.807, 2.05) is 37.3 Å². The molecule has 2 aliphatic heterocycles. The summed E-state index contributed by atoms with van der Waals surface area (Å²) in [5.41, 5.74) is 4.41. The first-order valence-corrected chi connectivity index (χ1v) is 13.8. The fourth-order valence-corrected chi connectivity index (χ4v) is 7.40. The highest BCUT2D eigenvalue weighted by molar-refractivity contribution is 7.90. The van der Waals surface area contributed by atoms with E-state index in [1.165, 1.54) is 11.1 Å². The van der Waals surface area contributed by atoms with E-state index in [1.54, 1.807) is 25.3 Å². The molecule has 1 aromatic heterocycles. The largest absolute Gasteiger partial charge is 0.496 e. The van der Waals surface area contributed by atoms with Crippen molar-refractivity contribution in [3.05, 3.63) is 70.9 Å². The lowest BCUT2D eigenvalue weighted by molar-refractivity contribution is -0.135. The van der Waals surface area contributed by atoms with Crippen LogP contribution < -0.4 is 4.74 Å². The van der Waals surface area contributed by atoms with E-state index in [2.05, 4.69) is 11.8 Å². The first-order chi connectivity index (χ1) is 17.3. The van der Waals surface area contributed by atoms with Gasteiger partial charge in [0, 0.05) is 24.6 Å². The van der Waals surface area contributed by atoms with Crippen LogP contribution in [-0.4, -0.2) is 50.6 Å². The number of aryl methyl sites for hydroxylation is 1. The van der Waals surface area contributed by atoms with Crippen LogP contribution in [0, 0.1) is 12.8 Å². The van der Waals surface area contributed by atoms with Gasteiger partial charge in [0.1, 0.15) is 5.75 Å². The quantitative estimate of drug-likeness (QED) is 0.370. The number of carbonyl (C=O) groups is 1. The molecule has 3 heterocycles. The van der Waals surface area contributed by atoms with Gasteiger partial charge in [-0.3, -0.25) is 4.90 Å². The predicted octanol–water partition coefficient (Wildman–Crippen LogP) is 4.62. The van der Waals surface area contributed by atoms with Crippen LogP contribution >= 0.6 is 0 Å². The lowest BCUT2D eigenvalue weighted by Crippen LogP contribution is -2.44. The van der Waals surface area contributed by atoms with Crippen LogP contribution in [-0.2, 0) is 26.0 Å². The van der Waals surface area contributed by atoms with Crippen LogP contribution in [0.4, 0.5) is 0 Å². The monoisotopic (exact) mass is 508 g/mol. The van der Waals surface area contributed by atoms with Crippen molar-refractivity contribution < 1.29 is 22.7 Å². The standard InChI is InChI=1S/C28H32N2O5S/c1-5-19-17-29-14-13-22-27-23(7-6-8-25(27)34-3)30(36(32,33)21-11-9-18(2)10-12-21)28(22)24(29)15-20(19)16-26(31)35-4/h6-12,16,19,24H,5,13-15,17H2,1-4H3/t19?,24-/m0/s1. The second-order valence-electron chi connectivity index (χ2n) is 9.61. The van der Waals surface area contributed by atoms with Crippen molar-refractivity contribution in [2.45, 2.75) is 44.0 Å². The first kappa shape index (κ1) is 24.6. The van der Waals surface area contributed by atoms with E-state index in [0.29, 0.717) is 17.7 Å². The molecule has 3 aromatic rings. The number of fused-ring (bicyclic) bond motifs is 5. The van der Waals surface area contributed by atoms with Crippen molar-refractivity contribution in [1.29, 1.82) is 0 Å². The summed E-state index contributed by atoms with van der Waals surface area (Å²) in [5, 5.41) is 0.849. The van der Waals surface area contributed by atoms with Gasteiger partial charge in [-0.2, -0.15) is 0 Å². The highest BCUT2D eigenvalue weighted by Crippen LogP contribution is 2.47. The number of esters is 1. The zero-order chi connectivity index (χ0) is 25.6. The Bertz CT molecular complexity index is 1450. The Morgan fingerprint density at radius 2 is 1.89 bits per heavy atom. The number of piperidine rings is 1. The number of methoxy groups -OCH3 is 2. The van der Waals surface area contributed by atoms with E-state index in [-0.39, 0.29) is 22.8 Å². The minimum atomic E-state index is -3.90. The number of aromatic nitrogens is 1. The maximum absolute atomic E-state index is 14.2. The first-order valence-electron chi connectivity index (χ1n) is 12.3. The zero-order valence-corrected chi connectivity index (χ0v) is 22.0. The molecule has 0 aliphatic carbocycles. The van der Waals surface area contributed by atoms with Gasteiger partial charge < -0.3 is 9.47 Å². The molecule has 36 heavy (non-hydrogen) atoms. The average Bonchev–Trinajstić information content (AvgIpc) is 3.24. The second-order valence-corrected chi connectivity index (χ2v) is 11.4. The molecule has 0 saturated carbocycles. The summed E-state index contributed by atoms with van der Waals surface area (Å²) < 4.78 is 40.6. The number of rotatable bonds is 5. The van der Waals surface area contributed by atoms with Gasteiger partial charge in [-0.15, -0.1) is 0 Å². The molecule has 0 radical (unpaired) electrons. The van der Waals surface area contributed by atoms with E-state index in [4.69, 9.17) is 9.47 Å². The van der Waals surface area contributed by atoms with Crippen LogP contribution in [0.2, 0.25) is 0 Å². The summed E-state index contributed by atoms with van der Waals surface area (Å²) in [6, 6.07) is 12.4. The van der Waals surface area contributed by atoms with Crippen molar-refractivity contribution in [3.63, 3.8) is 0 Å². The lowest BCUT2D eigenvalue weighted by Gasteiger charge is -2.44. The summed E-state index contributed by atoms with van der Waals surface area (Å²) >= 11 is 0. The molecule has 8 heteroatoms. The molecule has 0 N–H and O–H groups in total. The van der Waals surface area contributed by atoms with Crippen molar-refractivity contribution in [2.24, 2.45) is 5.92 Å². The van der Waals surface area contributed by atoms with Crippen molar-refractivity contribution in [1.82, 2.24) is 8.87 Å². The molecule has 2 aromatic carbocycles. The molecule has 0 bridgehead atoms. The van der Waals surface area contributed by atoms with Crippen LogP contribution in [0.1, 0.15) is 42.6 Å².